The van der Waals surface area contributed by atoms with Crippen molar-refractivity contribution in [2.45, 2.75) is 66.5 Å². The SMILES string of the molecule is CCCc1[nH]c2c(c1C(=O)C(C)C)CCc1cnc(Nc3cc(C)ncc3C(=O)N3CC(C)C(F)C3)c(P)c1-2. The molecule has 1 amide bonds. The number of carbonyl (C=O) groups excluding carboxylic acids is 2. The number of H-pyrrole nitrogens is 1. The number of aryl methyl sites for hydroxylation is 3. The molecule has 206 valence electrons. The predicted molar refractivity (Wildman–Crippen MR) is 156 cm³/mol. The lowest BCUT2D eigenvalue weighted by Crippen LogP contribution is -2.30. The number of ketones is 1. The van der Waals surface area contributed by atoms with Crippen LogP contribution in [0.5, 0.6) is 0 Å². The molecule has 2 aliphatic rings. The van der Waals surface area contributed by atoms with Crippen LogP contribution in [-0.2, 0) is 19.3 Å². The van der Waals surface area contributed by atoms with Gasteiger partial charge in [0.2, 0.25) is 0 Å². The van der Waals surface area contributed by atoms with Crippen molar-refractivity contribution in [2.75, 3.05) is 18.4 Å². The molecule has 2 N–H and O–H groups in total. The van der Waals surface area contributed by atoms with Gasteiger partial charge in [0.1, 0.15) is 12.0 Å². The summed E-state index contributed by atoms with van der Waals surface area (Å²) in [6.07, 6.45) is 5.76. The van der Waals surface area contributed by atoms with Crippen molar-refractivity contribution < 1.29 is 14.0 Å². The van der Waals surface area contributed by atoms with Crippen LogP contribution in [-0.4, -0.2) is 50.8 Å². The number of nitrogens with one attached hydrogen (secondary N) is 2. The minimum absolute atomic E-state index is 0.0794. The third kappa shape index (κ3) is 5.00. The number of rotatable bonds is 7. The number of amides is 1. The lowest BCUT2D eigenvalue weighted by molar-refractivity contribution is 0.0781. The third-order valence-electron chi connectivity index (χ3n) is 7.87. The predicted octanol–water partition coefficient (Wildman–Crippen LogP) is 5.34. The summed E-state index contributed by atoms with van der Waals surface area (Å²) in [5, 5.41) is 4.25. The fourth-order valence-corrected chi connectivity index (χ4v) is 6.20. The Bertz CT molecular complexity index is 1440. The van der Waals surface area contributed by atoms with Crippen LogP contribution in [0.25, 0.3) is 11.3 Å². The number of carbonyl (C=O) groups is 2. The van der Waals surface area contributed by atoms with E-state index in [1.807, 2.05) is 40.0 Å². The Morgan fingerprint density at radius 3 is 2.67 bits per heavy atom. The van der Waals surface area contributed by atoms with E-state index in [1.54, 1.807) is 11.1 Å². The molecule has 39 heavy (non-hydrogen) atoms. The highest BCUT2D eigenvalue weighted by Crippen LogP contribution is 2.39. The highest BCUT2D eigenvalue weighted by Gasteiger charge is 2.34. The van der Waals surface area contributed by atoms with Crippen molar-refractivity contribution in [1.29, 1.82) is 0 Å². The minimum atomic E-state index is -1.02. The number of alkyl halides is 1. The Morgan fingerprint density at radius 2 is 2.00 bits per heavy atom. The van der Waals surface area contributed by atoms with Crippen LogP contribution >= 0.6 is 9.24 Å². The number of nitrogens with zero attached hydrogens (tertiary/aromatic N) is 3. The molecule has 1 fully saturated rings. The van der Waals surface area contributed by atoms with Gasteiger partial charge in [-0.3, -0.25) is 14.6 Å². The van der Waals surface area contributed by atoms with Crippen LogP contribution in [0.4, 0.5) is 15.9 Å². The molecule has 9 heteroatoms. The summed E-state index contributed by atoms with van der Waals surface area (Å²) in [6, 6.07) is 1.82. The molecule has 7 nitrogen and oxygen atoms in total. The Hall–Kier alpha value is -3.12. The summed E-state index contributed by atoms with van der Waals surface area (Å²) in [7, 11) is 2.82. The standard InChI is InChI=1S/C30H37FN5O2P/c1-6-7-22-25(27(37)15(2)3)19-9-8-18-11-33-29(28(39)24(18)26(19)34-22)35-23-10-17(5)32-12-20(23)30(38)36-13-16(4)21(31)14-36/h10-12,15-16,21,34H,6-9,13-14,39H2,1-5H3,(H,32,33,35). The van der Waals surface area contributed by atoms with Gasteiger partial charge in [-0.25, -0.2) is 9.37 Å². The topological polar surface area (TPSA) is 91.0 Å². The molecule has 0 saturated carbocycles. The Morgan fingerprint density at radius 1 is 1.23 bits per heavy atom. The van der Waals surface area contributed by atoms with Gasteiger partial charge in [0, 0.05) is 58.6 Å². The summed E-state index contributed by atoms with van der Waals surface area (Å²) in [6.45, 7) is 10.2. The van der Waals surface area contributed by atoms with Crippen LogP contribution in [0.1, 0.15) is 77.3 Å². The molecule has 1 aliphatic heterocycles. The van der Waals surface area contributed by atoms with Crippen LogP contribution in [0, 0.1) is 18.8 Å². The van der Waals surface area contributed by atoms with Crippen molar-refractivity contribution in [1.82, 2.24) is 19.9 Å². The number of halogens is 1. The summed E-state index contributed by atoms with van der Waals surface area (Å²) in [4.78, 5) is 40.9. The smallest absolute Gasteiger partial charge is 0.257 e. The first-order valence-electron chi connectivity index (χ1n) is 13.8. The van der Waals surface area contributed by atoms with Crippen LogP contribution < -0.4 is 10.6 Å². The van der Waals surface area contributed by atoms with E-state index in [0.717, 1.165) is 70.3 Å². The molecule has 3 atom stereocenters. The highest BCUT2D eigenvalue weighted by molar-refractivity contribution is 7.28. The fourth-order valence-electron chi connectivity index (χ4n) is 5.72. The monoisotopic (exact) mass is 549 g/mol. The normalized spacial score (nSPS) is 18.3. The van der Waals surface area contributed by atoms with Gasteiger partial charge in [-0.05, 0) is 43.4 Å². The molecular weight excluding hydrogens is 512 g/mol. The minimum Gasteiger partial charge on any atom is -0.358 e. The van der Waals surface area contributed by atoms with Crippen molar-refractivity contribution in [2.24, 2.45) is 11.8 Å². The van der Waals surface area contributed by atoms with E-state index < -0.39 is 6.17 Å². The maximum atomic E-state index is 14.2. The van der Waals surface area contributed by atoms with E-state index in [4.69, 9.17) is 4.98 Å². The fraction of sp³-hybridized carbons (Fsp3) is 0.467. The van der Waals surface area contributed by atoms with Gasteiger partial charge in [0.15, 0.2) is 5.78 Å². The van der Waals surface area contributed by atoms with Gasteiger partial charge in [-0.2, -0.15) is 0 Å². The largest absolute Gasteiger partial charge is 0.358 e. The number of aromatic nitrogens is 3. The first-order valence-corrected chi connectivity index (χ1v) is 14.4. The molecule has 1 saturated heterocycles. The van der Waals surface area contributed by atoms with Gasteiger partial charge in [-0.15, -0.1) is 9.24 Å². The van der Waals surface area contributed by atoms with Crippen molar-refractivity contribution in [3.8, 4) is 11.3 Å². The molecule has 0 radical (unpaired) electrons. The molecule has 0 spiro atoms. The Balaban J connectivity index is 1.55. The second-order valence-electron chi connectivity index (χ2n) is 11.2. The lowest BCUT2D eigenvalue weighted by atomic mass is 9.86. The number of aromatic amines is 1. The van der Waals surface area contributed by atoms with Gasteiger partial charge in [0.05, 0.1) is 23.5 Å². The first kappa shape index (κ1) is 27.4. The maximum Gasteiger partial charge on any atom is 0.257 e. The van der Waals surface area contributed by atoms with Crippen LogP contribution in [0.15, 0.2) is 18.5 Å². The van der Waals surface area contributed by atoms with Crippen molar-refractivity contribution >= 4 is 37.7 Å². The van der Waals surface area contributed by atoms with Gasteiger partial charge in [-0.1, -0.05) is 34.1 Å². The van der Waals surface area contributed by atoms with E-state index in [2.05, 4.69) is 31.4 Å². The van der Waals surface area contributed by atoms with Crippen molar-refractivity contribution in [3.05, 3.63) is 52.1 Å². The number of anilines is 2. The second-order valence-corrected chi connectivity index (χ2v) is 11.8. The first-order chi connectivity index (χ1) is 18.6. The number of fused-ring (bicyclic) bond motifs is 3. The van der Waals surface area contributed by atoms with E-state index in [9.17, 15) is 14.0 Å². The molecule has 0 bridgehead atoms. The third-order valence-corrected chi connectivity index (χ3v) is 8.44. The quantitative estimate of drug-likeness (QED) is 0.307. The molecular formula is C30H37FN5O2P. The van der Waals surface area contributed by atoms with Gasteiger partial charge >= 0.3 is 0 Å². The molecule has 3 unspecified atom stereocenters. The zero-order chi connectivity index (χ0) is 28.0. The molecule has 3 aromatic rings. The summed E-state index contributed by atoms with van der Waals surface area (Å²) in [5.41, 5.74) is 7.82. The highest BCUT2D eigenvalue weighted by atomic mass is 31.0. The molecule has 3 aromatic heterocycles. The number of Topliss-reactive ketones (excluding diaryl/α,β-unsaturated/α-hetero) is 1. The zero-order valence-corrected chi connectivity index (χ0v) is 24.5. The zero-order valence-electron chi connectivity index (χ0n) is 23.3. The summed E-state index contributed by atoms with van der Waals surface area (Å²) in [5.74, 6) is 0.272. The molecule has 1 aliphatic carbocycles. The molecule has 4 heterocycles. The van der Waals surface area contributed by atoms with Crippen LogP contribution in [0.3, 0.4) is 0 Å². The Labute approximate surface area is 231 Å². The average molecular weight is 550 g/mol. The van der Waals surface area contributed by atoms with E-state index in [1.165, 1.54) is 0 Å². The number of likely N-dealkylation sites (tertiary alicyclic amines) is 1. The summed E-state index contributed by atoms with van der Waals surface area (Å²) < 4.78 is 14.2. The number of hydrogen-bond donors (Lipinski definition) is 2. The lowest BCUT2D eigenvalue weighted by Gasteiger charge is -2.22. The van der Waals surface area contributed by atoms with Gasteiger partial charge < -0.3 is 15.2 Å². The second kappa shape index (κ2) is 10.8. The van der Waals surface area contributed by atoms with E-state index >= 15 is 0 Å². The number of pyridine rings is 2. The summed E-state index contributed by atoms with van der Waals surface area (Å²) >= 11 is 0. The number of hydrogen-bond acceptors (Lipinski definition) is 5. The van der Waals surface area contributed by atoms with Crippen molar-refractivity contribution in [3.63, 3.8) is 0 Å². The Kier molecular flexibility index (Phi) is 7.60. The van der Waals surface area contributed by atoms with Crippen LogP contribution in [0.2, 0.25) is 0 Å². The maximum absolute atomic E-state index is 14.2. The average Bonchev–Trinajstić information content (AvgIpc) is 3.43. The molecule has 0 aromatic carbocycles. The van der Waals surface area contributed by atoms with E-state index in [0.29, 0.717) is 23.6 Å². The van der Waals surface area contributed by atoms with Gasteiger partial charge in [0.25, 0.3) is 5.91 Å². The van der Waals surface area contributed by atoms with E-state index in [-0.39, 0.29) is 30.1 Å². The molecule has 5 rings (SSSR count).